The van der Waals surface area contributed by atoms with E-state index >= 15 is 0 Å². The van der Waals surface area contributed by atoms with Crippen LogP contribution >= 0.6 is 11.6 Å². The van der Waals surface area contributed by atoms with Gasteiger partial charge in [0.05, 0.1) is 6.26 Å². The van der Waals surface area contributed by atoms with Crippen LogP contribution in [0.5, 0.6) is 0 Å². The van der Waals surface area contributed by atoms with E-state index < -0.39 is 0 Å². The first-order valence-corrected chi connectivity index (χ1v) is 5.98. The molecule has 1 nitrogen and oxygen atoms in total. The summed E-state index contributed by atoms with van der Waals surface area (Å²) < 4.78 is 5.36. The molecule has 2 rings (SSSR count). The third kappa shape index (κ3) is 2.67. The Bertz CT molecular complexity index is 434. The summed E-state index contributed by atoms with van der Waals surface area (Å²) in [5.74, 6) is 1.93. The van der Waals surface area contributed by atoms with Crippen molar-refractivity contribution in [3.63, 3.8) is 0 Å². The highest BCUT2D eigenvalue weighted by Crippen LogP contribution is 2.23. The third-order valence-corrected chi connectivity index (χ3v) is 3.10. The van der Waals surface area contributed by atoms with Gasteiger partial charge in [0.15, 0.2) is 0 Å². The molecule has 84 valence electrons. The zero-order chi connectivity index (χ0) is 11.4. The van der Waals surface area contributed by atoms with Crippen LogP contribution in [-0.4, -0.2) is 5.88 Å². The van der Waals surface area contributed by atoms with Crippen molar-refractivity contribution in [3.8, 4) is 0 Å². The van der Waals surface area contributed by atoms with Crippen molar-refractivity contribution in [2.45, 2.75) is 19.3 Å². The molecule has 0 amide bonds. The molecule has 0 aliphatic heterocycles. The van der Waals surface area contributed by atoms with Gasteiger partial charge in [-0.3, -0.25) is 0 Å². The Balaban J connectivity index is 2.16. The highest BCUT2D eigenvalue weighted by molar-refractivity contribution is 6.18. The Labute approximate surface area is 101 Å². The number of benzene rings is 1. The summed E-state index contributed by atoms with van der Waals surface area (Å²) in [5.41, 5.74) is 2.55. The number of hydrogen-bond acceptors (Lipinski definition) is 1. The molecule has 16 heavy (non-hydrogen) atoms. The number of halogens is 1. The van der Waals surface area contributed by atoms with Crippen LogP contribution < -0.4 is 0 Å². The first-order chi connectivity index (χ1) is 7.79. The van der Waals surface area contributed by atoms with Gasteiger partial charge in [-0.05, 0) is 24.6 Å². The zero-order valence-electron chi connectivity index (χ0n) is 9.32. The summed E-state index contributed by atoms with van der Waals surface area (Å²) in [6.45, 7) is 2.10. The average molecular weight is 235 g/mol. The lowest BCUT2D eigenvalue weighted by Crippen LogP contribution is -2.04. The fraction of sp³-hybridized carbons (Fsp3) is 0.286. The molecule has 2 heteroatoms. The van der Waals surface area contributed by atoms with Crippen LogP contribution in [0.2, 0.25) is 0 Å². The second-order valence-corrected chi connectivity index (χ2v) is 4.36. The first kappa shape index (κ1) is 11.3. The smallest absolute Gasteiger partial charge is 0.104 e. The monoisotopic (exact) mass is 234 g/mol. The van der Waals surface area contributed by atoms with E-state index in [0.717, 1.165) is 12.2 Å². The molecule has 0 bridgehead atoms. The van der Waals surface area contributed by atoms with Crippen molar-refractivity contribution in [1.82, 2.24) is 0 Å². The largest absolute Gasteiger partial charge is 0.469 e. The first-order valence-electron chi connectivity index (χ1n) is 5.44. The minimum Gasteiger partial charge on any atom is -0.469 e. The number of alkyl halides is 1. The summed E-state index contributed by atoms with van der Waals surface area (Å²) in [5, 5.41) is 0. The quantitative estimate of drug-likeness (QED) is 0.725. The van der Waals surface area contributed by atoms with Gasteiger partial charge in [-0.15, -0.1) is 11.6 Å². The van der Waals surface area contributed by atoms with E-state index in [0.29, 0.717) is 11.8 Å². The minimum absolute atomic E-state index is 0.327. The maximum atomic E-state index is 6.03. The predicted molar refractivity (Wildman–Crippen MR) is 67.1 cm³/mol. The maximum absolute atomic E-state index is 6.03. The molecule has 0 fully saturated rings. The number of rotatable bonds is 4. The normalized spacial score (nSPS) is 12.6. The molecule has 1 heterocycles. The van der Waals surface area contributed by atoms with Crippen molar-refractivity contribution < 1.29 is 4.42 Å². The summed E-state index contributed by atoms with van der Waals surface area (Å²) >= 11 is 6.03. The molecule has 0 radical (unpaired) electrons. The standard InChI is InChI=1S/C14H15ClO/c1-11-4-2-5-12(8-11)13(10-15)9-14-6-3-7-16-14/h2-8,13H,9-10H2,1H3. The Morgan fingerprint density at radius 3 is 2.75 bits per heavy atom. The lowest BCUT2D eigenvalue weighted by Gasteiger charge is -2.13. The van der Waals surface area contributed by atoms with E-state index in [9.17, 15) is 0 Å². The highest BCUT2D eigenvalue weighted by atomic mass is 35.5. The van der Waals surface area contributed by atoms with Gasteiger partial charge in [0.25, 0.3) is 0 Å². The van der Waals surface area contributed by atoms with E-state index in [4.69, 9.17) is 16.0 Å². The maximum Gasteiger partial charge on any atom is 0.104 e. The fourth-order valence-corrected chi connectivity index (χ4v) is 2.14. The molecule has 2 aromatic rings. The fourth-order valence-electron chi connectivity index (χ4n) is 1.86. The molecule has 0 saturated heterocycles. The molecule has 1 unspecified atom stereocenters. The number of hydrogen-bond donors (Lipinski definition) is 0. The van der Waals surface area contributed by atoms with Gasteiger partial charge in [0.2, 0.25) is 0 Å². The van der Waals surface area contributed by atoms with Gasteiger partial charge in [-0.2, -0.15) is 0 Å². The molecule has 0 N–H and O–H groups in total. The van der Waals surface area contributed by atoms with E-state index in [2.05, 4.69) is 31.2 Å². The minimum atomic E-state index is 0.327. The van der Waals surface area contributed by atoms with Gasteiger partial charge in [-0.25, -0.2) is 0 Å². The van der Waals surface area contributed by atoms with Crippen molar-refractivity contribution in [2.75, 3.05) is 5.88 Å². The Kier molecular flexibility index (Phi) is 3.68. The van der Waals surface area contributed by atoms with Crippen LogP contribution in [0.3, 0.4) is 0 Å². The van der Waals surface area contributed by atoms with Crippen LogP contribution in [0, 0.1) is 6.92 Å². The molecule has 1 aromatic heterocycles. The van der Waals surface area contributed by atoms with Crippen LogP contribution in [0.1, 0.15) is 22.8 Å². The van der Waals surface area contributed by atoms with Crippen molar-refractivity contribution in [1.29, 1.82) is 0 Å². The molecule has 1 aromatic carbocycles. The number of furan rings is 1. The average Bonchev–Trinajstić information content (AvgIpc) is 2.78. The van der Waals surface area contributed by atoms with Gasteiger partial charge >= 0.3 is 0 Å². The molecule has 0 saturated carbocycles. The van der Waals surface area contributed by atoms with E-state index in [-0.39, 0.29) is 0 Å². The van der Waals surface area contributed by atoms with Gasteiger partial charge < -0.3 is 4.42 Å². The van der Waals surface area contributed by atoms with E-state index in [1.807, 2.05) is 12.1 Å². The SMILES string of the molecule is Cc1cccc(C(CCl)Cc2ccco2)c1. The Morgan fingerprint density at radius 2 is 2.12 bits per heavy atom. The molecular weight excluding hydrogens is 220 g/mol. The van der Waals surface area contributed by atoms with Crippen LogP contribution in [-0.2, 0) is 6.42 Å². The second kappa shape index (κ2) is 5.22. The topological polar surface area (TPSA) is 13.1 Å². The van der Waals surface area contributed by atoms with Crippen LogP contribution in [0.4, 0.5) is 0 Å². The summed E-state index contributed by atoms with van der Waals surface area (Å²) in [4.78, 5) is 0. The molecule has 0 aliphatic rings. The van der Waals surface area contributed by atoms with E-state index in [1.54, 1.807) is 6.26 Å². The molecule has 0 aliphatic carbocycles. The van der Waals surface area contributed by atoms with Crippen molar-refractivity contribution in [3.05, 3.63) is 59.5 Å². The highest BCUT2D eigenvalue weighted by Gasteiger charge is 2.12. The second-order valence-electron chi connectivity index (χ2n) is 4.05. The summed E-state index contributed by atoms with van der Waals surface area (Å²) in [7, 11) is 0. The number of aryl methyl sites for hydroxylation is 1. The van der Waals surface area contributed by atoms with Crippen LogP contribution in [0.15, 0.2) is 47.1 Å². The van der Waals surface area contributed by atoms with Gasteiger partial charge in [0, 0.05) is 18.2 Å². The Morgan fingerprint density at radius 1 is 1.25 bits per heavy atom. The third-order valence-electron chi connectivity index (χ3n) is 2.73. The summed E-state index contributed by atoms with van der Waals surface area (Å²) in [6, 6.07) is 12.4. The van der Waals surface area contributed by atoms with Gasteiger partial charge in [0.1, 0.15) is 5.76 Å². The lowest BCUT2D eigenvalue weighted by molar-refractivity contribution is 0.494. The Hall–Kier alpha value is -1.21. The van der Waals surface area contributed by atoms with Crippen molar-refractivity contribution in [2.24, 2.45) is 0 Å². The predicted octanol–water partition coefficient (Wildman–Crippen LogP) is 4.15. The zero-order valence-corrected chi connectivity index (χ0v) is 10.1. The summed E-state index contributed by atoms with van der Waals surface area (Å²) in [6.07, 6.45) is 2.57. The molecule has 0 spiro atoms. The van der Waals surface area contributed by atoms with E-state index in [1.165, 1.54) is 11.1 Å². The molecule has 1 atom stereocenters. The van der Waals surface area contributed by atoms with Gasteiger partial charge in [-0.1, -0.05) is 29.8 Å². The van der Waals surface area contributed by atoms with Crippen molar-refractivity contribution >= 4 is 11.6 Å². The van der Waals surface area contributed by atoms with Crippen LogP contribution in [0.25, 0.3) is 0 Å². The molecular formula is C14H15ClO. The lowest BCUT2D eigenvalue weighted by atomic mass is 9.95.